The van der Waals surface area contributed by atoms with E-state index in [0.29, 0.717) is 17.9 Å². The minimum atomic E-state index is -0.282. The number of hydrogen-bond acceptors (Lipinski definition) is 3. The molecule has 0 unspecified atom stereocenters. The molecule has 0 heterocycles. The Hall–Kier alpha value is -4.12. The Labute approximate surface area is 206 Å². The number of carbonyl (C=O) groups is 2. The van der Waals surface area contributed by atoms with Gasteiger partial charge in [0.1, 0.15) is 5.75 Å². The van der Waals surface area contributed by atoms with Crippen molar-refractivity contribution < 1.29 is 14.3 Å². The summed E-state index contributed by atoms with van der Waals surface area (Å²) in [6.07, 6.45) is 3.33. The summed E-state index contributed by atoms with van der Waals surface area (Å²) in [4.78, 5) is 25.6. The third kappa shape index (κ3) is 6.70. The van der Waals surface area contributed by atoms with Crippen molar-refractivity contribution in [3.8, 4) is 5.75 Å². The molecule has 0 saturated heterocycles. The predicted molar refractivity (Wildman–Crippen MR) is 141 cm³/mol. The number of amides is 2. The van der Waals surface area contributed by atoms with Gasteiger partial charge in [0.15, 0.2) is 6.61 Å². The number of fused-ring (bicyclic) bond motifs is 1. The lowest BCUT2D eigenvalue weighted by molar-refractivity contribution is -0.118. The first-order valence-electron chi connectivity index (χ1n) is 12.0. The number of hydrogen-bond donors (Lipinski definition) is 2. The van der Waals surface area contributed by atoms with Gasteiger partial charge < -0.3 is 15.4 Å². The van der Waals surface area contributed by atoms with Gasteiger partial charge in [-0.1, -0.05) is 80.1 Å². The van der Waals surface area contributed by atoms with Gasteiger partial charge in [0.25, 0.3) is 11.8 Å². The summed E-state index contributed by atoms with van der Waals surface area (Å²) in [6.45, 7) is 2.37. The van der Waals surface area contributed by atoms with Crippen molar-refractivity contribution >= 4 is 28.3 Å². The fourth-order valence-corrected chi connectivity index (χ4v) is 3.87. The van der Waals surface area contributed by atoms with Crippen LogP contribution in [0.15, 0.2) is 91.0 Å². The molecule has 0 aliphatic carbocycles. The fourth-order valence-electron chi connectivity index (χ4n) is 3.87. The van der Waals surface area contributed by atoms with E-state index in [1.807, 2.05) is 84.9 Å². The van der Waals surface area contributed by atoms with Gasteiger partial charge in [-0.05, 0) is 59.0 Å². The number of unbranched alkanes of at least 4 members (excludes halogenated alkanes) is 1. The van der Waals surface area contributed by atoms with Crippen LogP contribution < -0.4 is 15.4 Å². The maximum absolute atomic E-state index is 13.0. The van der Waals surface area contributed by atoms with Crippen LogP contribution in [-0.2, 0) is 17.8 Å². The first-order valence-corrected chi connectivity index (χ1v) is 12.0. The Morgan fingerprint density at radius 1 is 0.800 bits per heavy atom. The Bertz CT molecular complexity index is 1280. The van der Waals surface area contributed by atoms with Crippen molar-refractivity contribution in [2.24, 2.45) is 0 Å². The average molecular weight is 467 g/mol. The molecule has 5 heteroatoms. The first-order chi connectivity index (χ1) is 17.1. The normalized spacial score (nSPS) is 10.7. The van der Waals surface area contributed by atoms with E-state index in [1.54, 1.807) is 6.07 Å². The standard InChI is InChI=1S/C30H30N2O3/c1-2-3-9-22-14-16-26(17-15-22)32-29(33)21-35-28-19-25-13-8-7-12-24(25)18-27(28)30(34)31-20-23-10-5-4-6-11-23/h4-8,10-19H,2-3,9,20-21H2,1H3,(H,31,34)(H,32,33). The van der Waals surface area contributed by atoms with Gasteiger partial charge in [0, 0.05) is 12.2 Å². The van der Waals surface area contributed by atoms with Gasteiger partial charge in [0.05, 0.1) is 5.56 Å². The molecule has 4 rings (SSSR count). The van der Waals surface area contributed by atoms with Crippen LogP contribution in [0.4, 0.5) is 5.69 Å². The molecule has 0 aliphatic rings. The molecule has 0 radical (unpaired) electrons. The van der Waals surface area contributed by atoms with Crippen LogP contribution in [0.1, 0.15) is 41.3 Å². The predicted octanol–water partition coefficient (Wildman–Crippen LogP) is 6.13. The second-order valence-electron chi connectivity index (χ2n) is 8.50. The molecule has 0 fully saturated rings. The summed E-state index contributed by atoms with van der Waals surface area (Å²) in [5.74, 6) is -0.160. The van der Waals surface area contributed by atoms with E-state index in [0.717, 1.165) is 41.3 Å². The van der Waals surface area contributed by atoms with Crippen molar-refractivity contribution in [3.63, 3.8) is 0 Å². The van der Waals surface area contributed by atoms with Crippen molar-refractivity contribution in [2.75, 3.05) is 11.9 Å². The van der Waals surface area contributed by atoms with E-state index in [2.05, 4.69) is 17.6 Å². The van der Waals surface area contributed by atoms with Crippen molar-refractivity contribution in [1.82, 2.24) is 5.32 Å². The molecule has 2 amide bonds. The summed E-state index contributed by atoms with van der Waals surface area (Å²) in [5, 5.41) is 7.68. The van der Waals surface area contributed by atoms with E-state index in [4.69, 9.17) is 4.74 Å². The molecule has 35 heavy (non-hydrogen) atoms. The molecule has 4 aromatic rings. The molecular weight excluding hydrogens is 436 g/mol. The second-order valence-corrected chi connectivity index (χ2v) is 8.50. The molecular formula is C30H30N2O3. The smallest absolute Gasteiger partial charge is 0.262 e. The molecule has 0 aliphatic heterocycles. The number of ether oxygens (including phenoxy) is 1. The van der Waals surface area contributed by atoms with E-state index < -0.39 is 0 Å². The molecule has 5 nitrogen and oxygen atoms in total. The van der Waals surface area contributed by atoms with Gasteiger partial charge in [-0.3, -0.25) is 9.59 Å². The topological polar surface area (TPSA) is 67.4 Å². The SMILES string of the molecule is CCCCc1ccc(NC(=O)COc2cc3ccccc3cc2C(=O)NCc2ccccc2)cc1. The van der Waals surface area contributed by atoms with Crippen LogP contribution in [0.5, 0.6) is 5.75 Å². The van der Waals surface area contributed by atoms with Crippen LogP contribution in [0.25, 0.3) is 10.8 Å². The number of aryl methyl sites for hydroxylation is 1. The number of nitrogens with one attached hydrogen (secondary N) is 2. The zero-order valence-electron chi connectivity index (χ0n) is 19.9. The van der Waals surface area contributed by atoms with Crippen LogP contribution in [0.3, 0.4) is 0 Å². The maximum Gasteiger partial charge on any atom is 0.262 e. The average Bonchev–Trinajstić information content (AvgIpc) is 2.90. The summed E-state index contributed by atoms with van der Waals surface area (Å²) >= 11 is 0. The molecule has 0 spiro atoms. The van der Waals surface area contributed by atoms with E-state index in [9.17, 15) is 9.59 Å². The highest BCUT2D eigenvalue weighted by molar-refractivity contribution is 6.02. The van der Waals surface area contributed by atoms with Gasteiger partial charge in [0.2, 0.25) is 0 Å². The number of carbonyl (C=O) groups excluding carboxylic acids is 2. The van der Waals surface area contributed by atoms with Crippen LogP contribution in [0, 0.1) is 0 Å². The third-order valence-corrected chi connectivity index (χ3v) is 5.80. The summed E-state index contributed by atoms with van der Waals surface area (Å²) in [6, 6.07) is 29.0. The van der Waals surface area contributed by atoms with Gasteiger partial charge >= 0.3 is 0 Å². The molecule has 4 aromatic carbocycles. The third-order valence-electron chi connectivity index (χ3n) is 5.80. The Morgan fingerprint density at radius 2 is 1.49 bits per heavy atom. The zero-order chi connectivity index (χ0) is 24.5. The summed E-state index contributed by atoms with van der Waals surface area (Å²) in [5.41, 5.74) is 3.37. The number of anilines is 1. The van der Waals surface area contributed by atoms with E-state index in [-0.39, 0.29) is 18.4 Å². The summed E-state index contributed by atoms with van der Waals surface area (Å²) < 4.78 is 5.86. The quantitative estimate of drug-likeness (QED) is 0.295. The van der Waals surface area contributed by atoms with Crippen molar-refractivity contribution in [2.45, 2.75) is 32.7 Å². The lowest BCUT2D eigenvalue weighted by Gasteiger charge is -2.14. The van der Waals surface area contributed by atoms with E-state index in [1.165, 1.54) is 5.56 Å². The Kier molecular flexibility index (Phi) is 8.12. The van der Waals surface area contributed by atoms with Crippen LogP contribution >= 0.6 is 0 Å². The minimum absolute atomic E-state index is 0.200. The van der Waals surface area contributed by atoms with Gasteiger partial charge in [-0.15, -0.1) is 0 Å². The number of benzene rings is 4. The highest BCUT2D eigenvalue weighted by Crippen LogP contribution is 2.26. The first kappa shape index (κ1) is 24.0. The highest BCUT2D eigenvalue weighted by Gasteiger charge is 2.16. The fraction of sp³-hybridized carbons (Fsp3) is 0.200. The highest BCUT2D eigenvalue weighted by atomic mass is 16.5. The van der Waals surface area contributed by atoms with Gasteiger partial charge in [-0.25, -0.2) is 0 Å². The molecule has 0 bridgehead atoms. The lowest BCUT2D eigenvalue weighted by Crippen LogP contribution is -2.25. The van der Waals surface area contributed by atoms with Crippen LogP contribution in [-0.4, -0.2) is 18.4 Å². The Balaban J connectivity index is 1.44. The second kappa shape index (κ2) is 11.8. The maximum atomic E-state index is 13.0. The van der Waals surface area contributed by atoms with Crippen molar-refractivity contribution in [1.29, 1.82) is 0 Å². The van der Waals surface area contributed by atoms with Crippen molar-refractivity contribution in [3.05, 3.63) is 108 Å². The molecule has 0 saturated carbocycles. The molecule has 0 aromatic heterocycles. The number of rotatable bonds is 10. The summed E-state index contributed by atoms with van der Waals surface area (Å²) in [7, 11) is 0. The molecule has 2 N–H and O–H groups in total. The van der Waals surface area contributed by atoms with E-state index >= 15 is 0 Å². The minimum Gasteiger partial charge on any atom is -0.483 e. The lowest BCUT2D eigenvalue weighted by atomic mass is 10.1. The largest absolute Gasteiger partial charge is 0.483 e. The Morgan fingerprint density at radius 3 is 2.20 bits per heavy atom. The van der Waals surface area contributed by atoms with Gasteiger partial charge in [-0.2, -0.15) is 0 Å². The molecule has 178 valence electrons. The molecule has 0 atom stereocenters. The zero-order valence-corrected chi connectivity index (χ0v) is 19.9. The van der Waals surface area contributed by atoms with Crippen LogP contribution in [0.2, 0.25) is 0 Å². The monoisotopic (exact) mass is 466 g/mol.